The first-order chi connectivity index (χ1) is 35.9. The van der Waals surface area contributed by atoms with Gasteiger partial charge in [0.1, 0.15) is 29.1 Å². The Balaban J connectivity index is 0.685. The smallest absolute Gasteiger partial charge is 0.266 e. The number of nitrogens with one attached hydrogen (secondary N) is 4. The topological polar surface area (TPSA) is 247 Å². The Labute approximate surface area is 429 Å². The van der Waals surface area contributed by atoms with E-state index < -0.39 is 48.0 Å². The lowest BCUT2D eigenvalue weighted by atomic mass is 9.94. The predicted octanol–water partition coefficient (Wildman–Crippen LogP) is 5.20. The van der Waals surface area contributed by atoms with E-state index in [2.05, 4.69) is 26.3 Å². The van der Waals surface area contributed by atoms with Crippen LogP contribution in [-0.2, 0) is 35.1 Å². The van der Waals surface area contributed by atoms with Gasteiger partial charge in [0.25, 0.3) is 23.6 Å². The molecule has 5 aromatic rings. The van der Waals surface area contributed by atoms with Crippen molar-refractivity contribution in [3.8, 4) is 28.5 Å². The van der Waals surface area contributed by atoms with E-state index >= 15 is 4.39 Å². The molecule has 22 heteroatoms. The van der Waals surface area contributed by atoms with E-state index in [4.69, 9.17) is 50.0 Å². The van der Waals surface area contributed by atoms with Crippen LogP contribution in [0.2, 0.25) is 5.02 Å². The van der Waals surface area contributed by atoms with Gasteiger partial charge in [-0.05, 0) is 67.8 Å². The van der Waals surface area contributed by atoms with Gasteiger partial charge >= 0.3 is 0 Å². The molecule has 4 aromatic carbocycles. The summed E-state index contributed by atoms with van der Waals surface area (Å²) in [5.74, 6) is -2.86. The average molecular weight is 1040 g/mol. The number of benzene rings is 4. The lowest BCUT2D eigenvalue weighted by Crippen LogP contribution is -2.54. The summed E-state index contributed by atoms with van der Waals surface area (Å²) in [4.78, 5) is 90.7. The number of hydrogen-bond acceptors (Lipinski definition) is 16. The van der Waals surface area contributed by atoms with E-state index in [1.54, 1.807) is 48.7 Å². The first-order valence-corrected chi connectivity index (χ1v) is 24.1. The van der Waals surface area contributed by atoms with Crippen molar-refractivity contribution in [2.45, 2.75) is 38.3 Å². The standard InChI is InChI=1S/C52H52ClFN8O12/c1-69-39-9-4-8-37(54)45(39)47-36-25-31(53)11-13-33(36)46-30(27-57-47)28-58-52(61-46)59-32-12-14-34(41(26-32)70-2)48(65)56-18-6-20-72-22-24-73-23-21-71-19-5-17-55-43(64)29-74-40-10-3-7-35-44(40)51(68)62(50(35)67)38-15-16-42(63)60-49(38)66/h3-4,7-14,25-26,28,38H,5-6,15-24,27,29H2,1-2H3,(H,55,64)(H,56,65)(H,58,59,61)(H,60,63,66). The number of rotatable bonds is 24. The molecule has 0 saturated carbocycles. The van der Waals surface area contributed by atoms with Gasteiger partial charge in [-0.1, -0.05) is 29.8 Å². The van der Waals surface area contributed by atoms with Gasteiger partial charge in [-0.15, -0.1) is 0 Å². The summed E-state index contributed by atoms with van der Waals surface area (Å²) in [5, 5.41) is 11.4. The van der Waals surface area contributed by atoms with Crippen LogP contribution in [0.5, 0.6) is 17.2 Å². The molecule has 0 spiro atoms. The van der Waals surface area contributed by atoms with Crippen molar-refractivity contribution in [2.24, 2.45) is 4.99 Å². The number of anilines is 2. The summed E-state index contributed by atoms with van der Waals surface area (Å²) < 4.78 is 48.8. The fourth-order valence-corrected chi connectivity index (χ4v) is 8.57. The van der Waals surface area contributed by atoms with Crippen molar-refractivity contribution in [3.63, 3.8) is 0 Å². The number of fused-ring (bicyclic) bond motifs is 4. The van der Waals surface area contributed by atoms with Crippen LogP contribution in [0.1, 0.15) is 73.4 Å². The maximum Gasteiger partial charge on any atom is 0.266 e. The summed E-state index contributed by atoms with van der Waals surface area (Å²) in [6, 6.07) is 18.2. The minimum Gasteiger partial charge on any atom is -0.496 e. The van der Waals surface area contributed by atoms with E-state index in [1.165, 1.54) is 38.5 Å². The van der Waals surface area contributed by atoms with Crippen LogP contribution in [0.25, 0.3) is 11.3 Å². The number of nitrogens with zero attached hydrogens (tertiary/aromatic N) is 4. The van der Waals surface area contributed by atoms with Gasteiger partial charge in [0.15, 0.2) is 6.61 Å². The van der Waals surface area contributed by atoms with Crippen molar-refractivity contribution in [3.05, 3.63) is 123 Å². The Morgan fingerprint density at radius 3 is 2.24 bits per heavy atom. The van der Waals surface area contributed by atoms with Crippen molar-refractivity contribution < 1.29 is 61.6 Å². The van der Waals surface area contributed by atoms with Gasteiger partial charge in [0, 0.05) is 72.4 Å². The maximum atomic E-state index is 15.3. The number of imide groups is 2. The summed E-state index contributed by atoms with van der Waals surface area (Å²) in [6.07, 6.45) is 2.77. The van der Waals surface area contributed by atoms with Crippen molar-refractivity contribution >= 4 is 64.4 Å². The molecule has 1 aromatic heterocycles. The molecule has 1 atom stereocenters. The molecule has 8 rings (SSSR count). The van der Waals surface area contributed by atoms with Crippen LogP contribution in [0, 0.1) is 5.82 Å². The Bertz CT molecular complexity index is 2990. The Kier molecular flexibility index (Phi) is 17.5. The van der Waals surface area contributed by atoms with E-state index in [1.807, 2.05) is 6.07 Å². The normalized spacial score (nSPS) is 14.8. The van der Waals surface area contributed by atoms with E-state index in [9.17, 15) is 28.8 Å². The van der Waals surface area contributed by atoms with Crippen molar-refractivity contribution in [2.75, 3.05) is 78.9 Å². The lowest BCUT2D eigenvalue weighted by molar-refractivity contribution is -0.136. The van der Waals surface area contributed by atoms with Crippen LogP contribution in [-0.4, -0.2) is 136 Å². The molecule has 20 nitrogen and oxygen atoms in total. The molecule has 386 valence electrons. The fraction of sp³-hybridized carbons (Fsp3) is 0.327. The molecule has 3 aliphatic rings. The molecule has 1 saturated heterocycles. The largest absolute Gasteiger partial charge is 0.496 e. The minimum absolute atomic E-state index is 0.00139. The first-order valence-electron chi connectivity index (χ1n) is 23.7. The zero-order valence-electron chi connectivity index (χ0n) is 40.4. The number of aliphatic imine (C=N–C) groups is 1. The van der Waals surface area contributed by atoms with Gasteiger partial charge in [-0.25, -0.2) is 14.4 Å². The van der Waals surface area contributed by atoms with Gasteiger partial charge < -0.3 is 44.4 Å². The number of carbonyl (C=O) groups is 6. The molecule has 0 aliphatic carbocycles. The van der Waals surface area contributed by atoms with Gasteiger partial charge in [0.05, 0.1) is 80.9 Å². The van der Waals surface area contributed by atoms with Gasteiger partial charge in [-0.2, -0.15) is 0 Å². The molecule has 4 N–H and O–H groups in total. The van der Waals surface area contributed by atoms with E-state index in [0.29, 0.717) is 116 Å². The fourth-order valence-electron chi connectivity index (χ4n) is 8.40. The second-order valence-electron chi connectivity index (χ2n) is 16.8. The first kappa shape index (κ1) is 52.5. The highest BCUT2D eigenvalue weighted by atomic mass is 35.5. The predicted molar refractivity (Wildman–Crippen MR) is 267 cm³/mol. The van der Waals surface area contributed by atoms with Crippen molar-refractivity contribution in [1.82, 2.24) is 30.8 Å². The molecule has 0 radical (unpaired) electrons. The van der Waals surface area contributed by atoms with Crippen LogP contribution >= 0.6 is 11.6 Å². The highest BCUT2D eigenvalue weighted by Gasteiger charge is 2.46. The number of ether oxygens (including phenoxy) is 6. The highest BCUT2D eigenvalue weighted by molar-refractivity contribution is 6.32. The lowest BCUT2D eigenvalue weighted by Gasteiger charge is -2.27. The summed E-state index contributed by atoms with van der Waals surface area (Å²) in [7, 11) is 2.95. The number of piperidine rings is 1. The monoisotopic (exact) mass is 1030 g/mol. The summed E-state index contributed by atoms with van der Waals surface area (Å²) in [5.41, 5.74) is 4.11. The molecule has 1 unspecified atom stereocenters. The number of hydrogen-bond donors (Lipinski definition) is 4. The average Bonchev–Trinajstić information content (AvgIpc) is 3.55. The van der Waals surface area contributed by atoms with Crippen LogP contribution < -0.4 is 35.5 Å². The molecular formula is C52H52ClFN8O12. The Morgan fingerprint density at radius 1 is 0.784 bits per heavy atom. The second kappa shape index (κ2) is 24.7. The van der Waals surface area contributed by atoms with Gasteiger partial charge in [-0.3, -0.25) is 44.0 Å². The minimum atomic E-state index is -1.11. The molecule has 1 fully saturated rings. The summed E-state index contributed by atoms with van der Waals surface area (Å²) in [6.45, 7) is 2.58. The number of amides is 6. The third-order valence-corrected chi connectivity index (χ3v) is 12.2. The van der Waals surface area contributed by atoms with E-state index in [0.717, 1.165) is 10.5 Å². The zero-order chi connectivity index (χ0) is 52.1. The third kappa shape index (κ3) is 12.3. The van der Waals surface area contributed by atoms with Crippen molar-refractivity contribution in [1.29, 1.82) is 0 Å². The van der Waals surface area contributed by atoms with Gasteiger partial charge in [0.2, 0.25) is 17.8 Å². The number of halogens is 2. The highest BCUT2D eigenvalue weighted by Crippen LogP contribution is 2.37. The molecule has 0 bridgehead atoms. The number of aromatic nitrogens is 2. The molecule has 6 amide bonds. The Morgan fingerprint density at radius 2 is 1.50 bits per heavy atom. The second-order valence-corrected chi connectivity index (χ2v) is 17.3. The van der Waals surface area contributed by atoms with Crippen LogP contribution in [0.3, 0.4) is 0 Å². The maximum absolute atomic E-state index is 15.3. The molecule has 3 aliphatic heterocycles. The SMILES string of the molecule is COc1cc(Nc2ncc3c(n2)-c2ccc(Cl)cc2C(c2c(F)cccc2OC)=NC3)ccc1C(=O)NCCCOCCOCCOCCCNC(=O)COc1cccc2c1C(=O)N(C1CCC(=O)NC1=O)C2=O. The Hall–Kier alpha value is -7.85. The molecular weight excluding hydrogens is 983 g/mol. The molecule has 74 heavy (non-hydrogen) atoms. The van der Waals surface area contributed by atoms with Crippen LogP contribution in [0.15, 0.2) is 84.0 Å². The quantitative estimate of drug-likeness (QED) is 0.0458. The van der Waals surface area contributed by atoms with E-state index in [-0.39, 0.29) is 53.7 Å². The number of carbonyl (C=O) groups excluding carboxylic acids is 6. The third-order valence-electron chi connectivity index (χ3n) is 12.0. The summed E-state index contributed by atoms with van der Waals surface area (Å²) >= 11 is 6.45. The number of methoxy groups -OCH3 is 2. The van der Waals surface area contributed by atoms with Crippen LogP contribution in [0.4, 0.5) is 16.0 Å². The zero-order valence-corrected chi connectivity index (χ0v) is 41.2. The molecule has 4 heterocycles.